The molecular weight excluding hydrogens is 298 g/mol. The van der Waals surface area contributed by atoms with Gasteiger partial charge in [-0.1, -0.05) is 13.1 Å². The first kappa shape index (κ1) is 19.3. The van der Waals surface area contributed by atoms with Crippen LogP contribution in [0, 0.1) is 0 Å². The second kappa shape index (κ2) is 9.42. The number of nitrogens with zero attached hydrogens (tertiary/aromatic N) is 1. The molecule has 2 unspecified atom stereocenters. The molecule has 0 saturated carbocycles. The molecule has 0 amide bonds. The first-order chi connectivity index (χ1) is 9.89. The summed E-state index contributed by atoms with van der Waals surface area (Å²) in [7, 11) is 1.33. The van der Waals surface area contributed by atoms with E-state index in [1.807, 2.05) is 0 Å². The molecule has 6 heteroatoms. The number of hydrogen-bond donors (Lipinski definition) is 0. The monoisotopic (exact) mass is 333 g/mol. The van der Waals surface area contributed by atoms with Crippen LogP contribution in [0.15, 0.2) is 0 Å². The molecule has 0 aromatic heterocycles. The first-order valence-corrected chi connectivity index (χ1v) is 14.4. The lowest BCUT2D eigenvalue weighted by Gasteiger charge is -2.41. The molecule has 4 nitrogen and oxygen atoms in total. The first-order valence-electron chi connectivity index (χ1n) is 8.29. The fourth-order valence-corrected chi connectivity index (χ4v) is 7.45. The quantitative estimate of drug-likeness (QED) is 0.669. The molecule has 0 aromatic rings. The largest absolute Gasteiger partial charge is 0.411 e. The Bertz CT molecular complexity index is 290. The number of hydrogen-bond acceptors (Lipinski definition) is 4. The minimum Gasteiger partial charge on any atom is -0.411 e. The minimum atomic E-state index is -1.51. The number of ether oxygens (including phenoxy) is 2. The Morgan fingerprint density at radius 3 is 2.57 bits per heavy atom. The van der Waals surface area contributed by atoms with Gasteiger partial charge >= 0.3 is 0 Å². The molecule has 0 aromatic carbocycles. The molecule has 21 heavy (non-hydrogen) atoms. The maximum atomic E-state index is 6.44. The van der Waals surface area contributed by atoms with Crippen molar-refractivity contribution in [3.05, 3.63) is 0 Å². The summed E-state index contributed by atoms with van der Waals surface area (Å²) in [6.45, 7) is 13.4. The van der Waals surface area contributed by atoms with Crippen molar-refractivity contribution in [1.82, 2.24) is 4.90 Å². The molecule has 1 aliphatic heterocycles. The van der Waals surface area contributed by atoms with E-state index in [0.717, 1.165) is 19.6 Å². The molecule has 0 bridgehead atoms. The second-order valence-electron chi connectivity index (χ2n) is 7.15. The summed E-state index contributed by atoms with van der Waals surface area (Å²) in [4.78, 5) is 2.67. The third kappa shape index (κ3) is 6.92. The van der Waals surface area contributed by atoms with Crippen LogP contribution in [-0.4, -0.2) is 74.3 Å². The zero-order valence-electron chi connectivity index (χ0n) is 14.9. The maximum absolute atomic E-state index is 6.44. The topological polar surface area (TPSA) is 30.9 Å². The Kier molecular flexibility index (Phi) is 8.67. The summed E-state index contributed by atoms with van der Waals surface area (Å²) in [5.41, 5.74) is 0.704. The van der Waals surface area contributed by atoms with Crippen LogP contribution < -0.4 is 0 Å². The van der Waals surface area contributed by atoms with Crippen LogP contribution in [0.4, 0.5) is 0 Å². The lowest BCUT2D eigenvalue weighted by molar-refractivity contribution is 0.0348. The van der Waals surface area contributed by atoms with Crippen molar-refractivity contribution < 1.29 is 13.9 Å². The molecule has 0 N–H and O–H groups in total. The van der Waals surface area contributed by atoms with Gasteiger partial charge in [0.25, 0.3) is 0 Å². The zero-order valence-corrected chi connectivity index (χ0v) is 17.0. The molecule has 2 atom stereocenters. The van der Waals surface area contributed by atoms with E-state index in [4.69, 9.17) is 13.9 Å². The van der Waals surface area contributed by atoms with Crippen LogP contribution in [0.5, 0.6) is 0 Å². The summed E-state index contributed by atoms with van der Waals surface area (Å²) in [5, 5.41) is 0. The predicted octanol–water partition coefficient (Wildman–Crippen LogP) is 2.36. The van der Waals surface area contributed by atoms with Crippen molar-refractivity contribution in [2.45, 2.75) is 56.8 Å². The van der Waals surface area contributed by atoms with Crippen molar-refractivity contribution in [3.63, 3.8) is 0 Å². The lowest BCUT2D eigenvalue weighted by atomic mass is 10.3. The molecule has 1 saturated heterocycles. The van der Waals surface area contributed by atoms with Crippen LogP contribution >= 0.6 is 0 Å². The highest BCUT2D eigenvalue weighted by atomic mass is 28.4. The Balaban J connectivity index is 2.74. The Labute approximate surface area is 133 Å². The van der Waals surface area contributed by atoms with Gasteiger partial charge in [0.1, 0.15) is 0 Å². The zero-order chi connectivity index (χ0) is 15.9. The molecular formula is C15H35NO3Si2. The number of rotatable bonds is 7. The summed E-state index contributed by atoms with van der Waals surface area (Å²) in [6.07, 6.45) is 2.65. The molecule has 1 aliphatic rings. The van der Waals surface area contributed by atoms with Crippen molar-refractivity contribution >= 4 is 17.1 Å². The van der Waals surface area contributed by atoms with Gasteiger partial charge in [-0.3, -0.25) is 0 Å². The Hall–Kier alpha value is 0.274. The highest BCUT2D eigenvalue weighted by Gasteiger charge is 2.33. The molecule has 1 fully saturated rings. The van der Waals surface area contributed by atoms with Crippen molar-refractivity contribution in [2.24, 2.45) is 0 Å². The van der Waals surface area contributed by atoms with E-state index in [9.17, 15) is 0 Å². The average Bonchev–Trinajstić information content (AvgIpc) is 2.36. The fraction of sp³-hybridized carbons (Fsp3) is 1.00. The van der Waals surface area contributed by atoms with Gasteiger partial charge in [-0.2, -0.15) is 0 Å². The molecule has 0 radical (unpaired) electrons. The summed E-state index contributed by atoms with van der Waals surface area (Å²) >= 11 is 0. The highest BCUT2D eigenvalue weighted by molar-refractivity contribution is 6.71. The van der Waals surface area contributed by atoms with E-state index >= 15 is 0 Å². The van der Waals surface area contributed by atoms with Crippen molar-refractivity contribution in [3.8, 4) is 0 Å². The molecule has 126 valence electrons. The highest BCUT2D eigenvalue weighted by Crippen LogP contribution is 2.22. The third-order valence-electron chi connectivity index (χ3n) is 4.36. The van der Waals surface area contributed by atoms with Crippen LogP contribution in [0.3, 0.4) is 0 Å². The van der Waals surface area contributed by atoms with E-state index in [-0.39, 0.29) is 6.10 Å². The summed E-state index contributed by atoms with van der Waals surface area (Å²) in [5.74, 6) is 0. The van der Waals surface area contributed by atoms with Gasteiger partial charge in [0.05, 0.1) is 21.5 Å². The average molecular weight is 334 g/mol. The number of methoxy groups -OCH3 is 2. The minimum absolute atomic E-state index is 0.231. The SMILES string of the molecule is COCCC(N1CCC[Si](C)(C)OC(COC)C1)[SiH](C)C. The lowest BCUT2D eigenvalue weighted by Crippen LogP contribution is -2.53. The second-order valence-corrected chi connectivity index (χ2v) is 14.7. The van der Waals surface area contributed by atoms with Crippen LogP contribution in [0.25, 0.3) is 0 Å². The van der Waals surface area contributed by atoms with Crippen molar-refractivity contribution in [1.29, 1.82) is 0 Å². The van der Waals surface area contributed by atoms with Gasteiger partial charge in [-0.25, -0.2) is 0 Å². The maximum Gasteiger partial charge on any atom is 0.187 e. The van der Waals surface area contributed by atoms with Gasteiger partial charge in [0.15, 0.2) is 8.32 Å². The Morgan fingerprint density at radius 1 is 1.29 bits per heavy atom. The van der Waals surface area contributed by atoms with Crippen LogP contribution in [0.2, 0.25) is 32.2 Å². The van der Waals surface area contributed by atoms with Crippen molar-refractivity contribution in [2.75, 3.05) is 40.5 Å². The molecule has 1 heterocycles. The summed E-state index contributed by atoms with van der Waals surface area (Å²) < 4.78 is 17.2. The van der Waals surface area contributed by atoms with Gasteiger partial charge in [0, 0.05) is 33.0 Å². The van der Waals surface area contributed by atoms with E-state index in [0.29, 0.717) is 12.3 Å². The Morgan fingerprint density at radius 2 is 2.00 bits per heavy atom. The molecule has 0 spiro atoms. The van der Waals surface area contributed by atoms with Gasteiger partial charge in [0.2, 0.25) is 0 Å². The van der Waals surface area contributed by atoms with Gasteiger partial charge < -0.3 is 18.8 Å². The van der Waals surface area contributed by atoms with Crippen LogP contribution in [0.1, 0.15) is 12.8 Å². The third-order valence-corrected chi connectivity index (χ3v) is 9.18. The smallest absolute Gasteiger partial charge is 0.187 e. The molecule has 0 aliphatic carbocycles. The normalized spacial score (nSPS) is 25.6. The fourth-order valence-electron chi connectivity index (χ4n) is 3.36. The van der Waals surface area contributed by atoms with Crippen LogP contribution in [-0.2, 0) is 13.9 Å². The van der Waals surface area contributed by atoms with E-state index < -0.39 is 17.1 Å². The van der Waals surface area contributed by atoms with E-state index in [1.165, 1.54) is 19.0 Å². The molecule has 1 rings (SSSR count). The van der Waals surface area contributed by atoms with Gasteiger partial charge in [-0.15, -0.1) is 0 Å². The van der Waals surface area contributed by atoms with E-state index in [2.05, 4.69) is 31.1 Å². The van der Waals surface area contributed by atoms with E-state index in [1.54, 1.807) is 14.2 Å². The standard InChI is InChI=1S/C15H35NO3Si2/c1-17-10-8-15(20(3)4)16-9-7-11-21(5,6)19-14(12-16)13-18-2/h14-15,20H,7-13H2,1-6H3. The summed E-state index contributed by atoms with van der Waals surface area (Å²) in [6, 6.07) is 1.25. The predicted molar refractivity (Wildman–Crippen MR) is 94.4 cm³/mol. The van der Waals surface area contributed by atoms with Gasteiger partial charge in [-0.05, 0) is 38.5 Å².